The summed E-state index contributed by atoms with van der Waals surface area (Å²) >= 11 is 0. The van der Waals surface area contributed by atoms with Crippen LogP contribution >= 0.6 is 0 Å². The molecule has 0 unspecified atom stereocenters. The average molecular weight is 286 g/mol. The maximum Gasteiger partial charge on any atom is 0.259 e. The molecule has 2 aromatic heterocycles. The first-order chi connectivity index (χ1) is 10.1. The lowest BCUT2D eigenvalue weighted by Gasteiger charge is -2.24. The summed E-state index contributed by atoms with van der Waals surface area (Å²) in [7, 11) is 0. The quantitative estimate of drug-likeness (QED) is 0.847. The van der Waals surface area contributed by atoms with Crippen LogP contribution in [0.2, 0.25) is 0 Å². The van der Waals surface area contributed by atoms with Crippen molar-refractivity contribution >= 4 is 5.91 Å². The molecule has 0 spiro atoms. The summed E-state index contributed by atoms with van der Waals surface area (Å²) in [6.07, 6.45) is 3.64. The number of carbonyl (C=O) groups is 1. The molecule has 1 aliphatic heterocycles. The Morgan fingerprint density at radius 3 is 2.86 bits per heavy atom. The molecule has 110 valence electrons. The van der Waals surface area contributed by atoms with Crippen molar-refractivity contribution in [3.8, 4) is 0 Å². The topological polar surface area (TPSA) is 72.1 Å². The summed E-state index contributed by atoms with van der Waals surface area (Å²) in [4.78, 5) is 23.3. The van der Waals surface area contributed by atoms with Crippen molar-refractivity contribution in [1.29, 1.82) is 0 Å². The van der Waals surface area contributed by atoms with E-state index >= 15 is 0 Å². The second-order valence-electron chi connectivity index (χ2n) is 5.38. The van der Waals surface area contributed by atoms with Crippen LogP contribution in [0, 0.1) is 20.8 Å². The molecule has 0 N–H and O–H groups in total. The lowest BCUT2D eigenvalue weighted by molar-refractivity contribution is 0.0730. The zero-order chi connectivity index (χ0) is 15.0. The van der Waals surface area contributed by atoms with Gasteiger partial charge in [0.2, 0.25) is 0 Å². The summed E-state index contributed by atoms with van der Waals surface area (Å²) in [6.45, 7) is 6.16. The molecule has 21 heavy (non-hydrogen) atoms. The fourth-order valence-corrected chi connectivity index (χ4v) is 2.91. The highest BCUT2D eigenvalue weighted by atomic mass is 16.5. The van der Waals surface area contributed by atoms with Crippen LogP contribution in [0.5, 0.6) is 0 Å². The molecule has 3 rings (SSSR count). The minimum Gasteiger partial charge on any atom is -0.361 e. The minimum atomic E-state index is -0.0231. The normalized spacial score (nSPS) is 18.2. The number of rotatable bonds is 2. The Labute approximate surface area is 123 Å². The number of hydrogen-bond donors (Lipinski definition) is 0. The summed E-state index contributed by atoms with van der Waals surface area (Å²) in [6, 6.07) is 1.89. The van der Waals surface area contributed by atoms with Gasteiger partial charge in [-0.1, -0.05) is 5.16 Å². The van der Waals surface area contributed by atoms with Crippen molar-refractivity contribution in [2.24, 2.45) is 0 Å². The van der Waals surface area contributed by atoms with E-state index in [2.05, 4.69) is 15.1 Å². The van der Waals surface area contributed by atoms with Crippen LogP contribution in [0.1, 0.15) is 52.2 Å². The van der Waals surface area contributed by atoms with Gasteiger partial charge in [0.15, 0.2) is 0 Å². The molecule has 2 aromatic rings. The summed E-state index contributed by atoms with van der Waals surface area (Å²) in [5.41, 5.74) is 2.12. The third kappa shape index (κ3) is 2.41. The van der Waals surface area contributed by atoms with E-state index in [9.17, 15) is 4.79 Å². The zero-order valence-corrected chi connectivity index (χ0v) is 12.5. The van der Waals surface area contributed by atoms with E-state index in [4.69, 9.17) is 4.52 Å². The first-order valence-electron chi connectivity index (χ1n) is 7.11. The summed E-state index contributed by atoms with van der Waals surface area (Å²) in [5, 5.41) is 3.87. The number of hydrogen-bond acceptors (Lipinski definition) is 5. The van der Waals surface area contributed by atoms with Gasteiger partial charge in [-0.15, -0.1) is 0 Å². The Morgan fingerprint density at radius 2 is 2.19 bits per heavy atom. The molecular formula is C15H18N4O2. The van der Waals surface area contributed by atoms with Crippen molar-refractivity contribution in [2.75, 3.05) is 6.54 Å². The van der Waals surface area contributed by atoms with Gasteiger partial charge < -0.3 is 9.42 Å². The number of amides is 1. The summed E-state index contributed by atoms with van der Waals surface area (Å²) < 4.78 is 5.11. The van der Waals surface area contributed by atoms with Crippen LogP contribution in [0.4, 0.5) is 0 Å². The van der Waals surface area contributed by atoms with Crippen LogP contribution in [0.15, 0.2) is 16.8 Å². The maximum absolute atomic E-state index is 12.8. The minimum absolute atomic E-state index is 0.00731. The van der Waals surface area contributed by atoms with E-state index in [-0.39, 0.29) is 11.9 Å². The molecule has 1 amide bonds. The van der Waals surface area contributed by atoms with E-state index in [1.54, 1.807) is 20.0 Å². The van der Waals surface area contributed by atoms with Crippen LogP contribution < -0.4 is 0 Å². The van der Waals surface area contributed by atoms with Gasteiger partial charge in [0.25, 0.3) is 5.91 Å². The van der Waals surface area contributed by atoms with Crippen molar-refractivity contribution in [3.05, 3.63) is 40.8 Å². The Kier molecular flexibility index (Phi) is 3.45. The second kappa shape index (κ2) is 5.27. The summed E-state index contributed by atoms with van der Waals surface area (Å²) in [5.74, 6) is 1.27. The smallest absolute Gasteiger partial charge is 0.259 e. The van der Waals surface area contributed by atoms with E-state index in [1.165, 1.54) is 0 Å². The second-order valence-corrected chi connectivity index (χ2v) is 5.38. The molecule has 1 fully saturated rings. The lowest BCUT2D eigenvalue weighted by atomic mass is 10.1. The fraction of sp³-hybridized carbons (Fsp3) is 0.467. The van der Waals surface area contributed by atoms with Crippen LogP contribution in [-0.2, 0) is 0 Å². The molecule has 1 atom stereocenters. The van der Waals surface area contributed by atoms with E-state index < -0.39 is 0 Å². The predicted molar refractivity (Wildman–Crippen MR) is 75.8 cm³/mol. The largest absolute Gasteiger partial charge is 0.361 e. The maximum atomic E-state index is 12.8. The van der Waals surface area contributed by atoms with Crippen molar-refractivity contribution in [2.45, 2.75) is 39.7 Å². The Morgan fingerprint density at radius 1 is 1.38 bits per heavy atom. The SMILES string of the molecule is Cc1nccc([C@H]2CCCN2C(=O)c2c(C)noc2C)n1. The Hall–Kier alpha value is -2.24. The van der Waals surface area contributed by atoms with Crippen LogP contribution in [-0.4, -0.2) is 32.5 Å². The van der Waals surface area contributed by atoms with E-state index in [1.807, 2.05) is 17.9 Å². The van der Waals surface area contributed by atoms with Gasteiger partial charge in [0, 0.05) is 12.7 Å². The molecule has 0 radical (unpaired) electrons. The average Bonchev–Trinajstić information content (AvgIpc) is 3.05. The predicted octanol–water partition coefficient (Wildman–Crippen LogP) is 2.37. The highest BCUT2D eigenvalue weighted by Gasteiger charge is 2.34. The third-order valence-corrected chi connectivity index (χ3v) is 3.90. The molecule has 3 heterocycles. The number of likely N-dealkylation sites (tertiary alicyclic amines) is 1. The van der Waals surface area contributed by atoms with E-state index in [0.29, 0.717) is 17.0 Å². The first-order valence-corrected chi connectivity index (χ1v) is 7.11. The first kappa shape index (κ1) is 13.7. The molecule has 6 nitrogen and oxygen atoms in total. The van der Waals surface area contributed by atoms with Gasteiger partial charge in [-0.2, -0.15) is 0 Å². The molecule has 6 heteroatoms. The highest BCUT2D eigenvalue weighted by molar-refractivity contribution is 5.96. The van der Waals surface area contributed by atoms with Gasteiger partial charge in [-0.05, 0) is 39.7 Å². The highest BCUT2D eigenvalue weighted by Crippen LogP contribution is 2.32. The van der Waals surface area contributed by atoms with Crippen molar-refractivity contribution in [3.63, 3.8) is 0 Å². The fourth-order valence-electron chi connectivity index (χ4n) is 2.91. The van der Waals surface area contributed by atoms with Gasteiger partial charge in [0.05, 0.1) is 17.4 Å². The standard InChI is InChI=1S/C15H18N4O2/c1-9-14(10(2)21-18-9)15(20)19-8-4-5-13(19)12-6-7-16-11(3)17-12/h6-7,13H,4-5,8H2,1-3H3/t13-/m1/s1. The Balaban J connectivity index is 1.93. The number of nitrogens with zero attached hydrogens (tertiary/aromatic N) is 4. The van der Waals surface area contributed by atoms with Crippen LogP contribution in [0.3, 0.4) is 0 Å². The van der Waals surface area contributed by atoms with E-state index in [0.717, 1.165) is 30.9 Å². The van der Waals surface area contributed by atoms with Crippen molar-refractivity contribution in [1.82, 2.24) is 20.0 Å². The molecule has 1 saturated heterocycles. The molecular weight excluding hydrogens is 268 g/mol. The number of aryl methyl sites for hydroxylation is 3. The number of aromatic nitrogens is 3. The molecule has 0 bridgehead atoms. The zero-order valence-electron chi connectivity index (χ0n) is 12.5. The number of carbonyl (C=O) groups excluding carboxylic acids is 1. The van der Waals surface area contributed by atoms with Gasteiger partial charge in [0.1, 0.15) is 17.1 Å². The van der Waals surface area contributed by atoms with Gasteiger partial charge in [-0.3, -0.25) is 4.79 Å². The third-order valence-electron chi connectivity index (χ3n) is 3.90. The molecule has 1 aliphatic rings. The monoisotopic (exact) mass is 286 g/mol. The van der Waals surface area contributed by atoms with Crippen molar-refractivity contribution < 1.29 is 9.32 Å². The Bertz CT molecular complexity index is 661. The van der Waals surface area contributed by atoms with Crippen LogP contribution in [0.25, 0.3) is 0 Å². The lowest BCUT2D eigenvalue weighted by Crippen LogP contribution is -2.31. The van der Waals surface area contributed by atoms with Gasteiger partial charge >= 0.3 is 0 Å². The molecule has 0 saturated carbocycles. The van der Waals surface area contributed by atoms with Gasteiger partial charge in [-0.25, -0.2) is 9.97 Å². The molecule has 0 aliphatic carbocycles. The molecule has 0 aromatic carbocycles.